The molecule has 0 fully saturated rings. The molecule has 1 aliphatic heterocycles. The van der Waals surface area contributed by atoms with Crippen LogP contribution in [0, 0.1) is 3.57 Å². The maximum Gasteiger partial charge on any atom is 0.256 e. The number of anilines is 1. The monoisotopic (exact) mass is 415 g/mol. The van der Waals surface area contributed by atoms with Crippen molar-refractivity contribution in [3.63, 3.8) is 0 Å². The highest BCUT2D eigenvalue weighted by Crippen LogP contribution is 2.18. The van der Waals surface area contributed by atoms with E-state index in [1.54, 1.807) is 18.6 Å². The predicted octanol–water partition coefficient (Wildman–Crippen LogP) is 4.03. The van der Waals surface area contributed by atoms with Gasteiger partial charge in [0.15, 0.2) is 0 Å². The Morgan fingerprint density at radius 2 is 1.87 bits per heavy atom. The van der Waals surface area contributed by atoms with E-state index in [0.717, 1.165) is 20.5 Å². The number of carbonyl (C=O) groups is 1. The summed E-state index contributed by atoms with van der Waals surface area (Å²) < 4.78 is 0.929. The van der Waals surface area contributed by atoms with Gasteiger partial charge in [0.05, 0.1) is 5.56 Å². The number of amides is 1. The van der Waals surface area contributed by atoms with Crippen LogP contribution in [0.4, 0.5) is 5.69 Å². The zero-order valence-corrected chi connectivity index (χ0v) is 14.3. The summed E-state index contributed by atoms with van der Waals surface area (Å²) in [5, 5.41) is 6.08. The van der Waals surface area contributed by atoms with E-state index in [2.05, 4.69) is 38.2 Å². The SMILES string of the molecule is O=C(Nc1ccc(C2=CC=NC=CN2)cc1)c1ccccc1I. The van der Waals surface area contributed by atoms with Crippen molar-refractivity contribution in [1.82, 2.24) is 5.32 Å². The quantitative estimate of drug-likeness (QED) is 0.744. The summed E-state index contributed by atoms with van der Waals surface area (Å²) in [5.41, 5.74) is 3.41. The average molecular weight is 415 g/mol. The normalized spacial score (nSPS) is 13.0. The van der Waals surface area contributed by atoms with E-state index in [0.29, 0.717) is 5.56 Å². The zero-order valence-electron chi connectivity index (χ0n) is 12.2. The zero-order chi connectivity index (χ0) is 16.1. The lowest BCUT2D eigenvalue weighted by atomic mass is 10.1. The van der Waals surface area contributed by atoms with Crippen LogP contribution >= 0.6 is 22.6 Å². The summed E-state index contributed by atoms with van der Waals surface area (Å²) in [6.07, 6.45) is 7.11. The van der Waals surface area contributed by atoms with Crippen LogP contribution in [0.15, 0.2) is 72.0 Å². The van der Waals surface area contributed by atoms with Gasteiger partial charge in [0.1, 0.15) is 0 Å². The van der Waals surface area contributed by atoms with Crippen LogP contribution in [0.2, 0.25) is 0 Å². The number of hydrogen-bond donors (Lipinski definition) is 2. The fraction of sp³-hybridized carbons (Fsp3) is 0. The number of rotatable bonds is 3. The van der Waals surface area contributed by atoms with Crippen molar-refractivity contribution in [2.45, 2.75) is 0 Å². The predicted molar refractivity (Wildman–Crippen MR) is 102 cm³/mol. The highest BCUT2D eigenvalue weighted by atomic mass is 127. The minimum atomic E-state index is -0.107. The molecule has 0 bridgehead atoms. The maximum atomic E-state index is 12.3. The lowest BCUT2D eigenvalue weighted by molar-refractivity contribution is 0.102. The van der Waals surface area contributed by atoms with Gasteiger partial charge in [-0.25, -0.2) is 0 Å². The topological polar surface area (TPSA) is 53.5 Å². The van der Waals surface area contributed by atoms with Gasteiger partial charge in [-0.15, -0.1) is 0 Å². The Labute approximate surface area is 148 Å². The molecule has 0 spiro atoms. The third kappa shape index (κ3) is 3.87. The lowest BCUT2D eigenvalue weighted by Crippen LogP contribution is -2.13. The molecule has 1 aliphatic rings. The Kier molecular flexibility index (Phi) is 4.87. The molecule has 1 amide bonds. The number of nitrogens with one attached hydrogen (secondary N) is 2. The van der Waals surface area contributed by atoms with Gasteiger partial charge in [0.25, 0.3) is 5.91 Å². The molecule has 114 valence electrons. The van der Waals surface area contributed by atoms with E-state index < -0.39 is 0 Å². The van der Waals surface area contributed by atoms with Crippen molar-refractivity contribution in [3.8, 4) is 0 Å². The second kappa shape index (κ2) is 7.23. The summed E-state index contributed by atoms with van der Waals surface area (Å²) in [7, 11) is 0. The first-order chi connectivity index (χ1) is 11.2. The van der Waals surface area contributed by atoms with Gasteiger partial charge in [-0.2, -0.15) is 0 Å². The highest BCUT2D eigenvalue weighted by Gasteiger charge is 2.09. The molecule has 3 rings (SSSR count). The number of aliphatic imine (C=N–C) groups is 1. The summed E-state index contributed by atoms with van der Waals surface area (Å²) in [6.45, 7) is 0. The molecule has 5 heteroatoms. The Morgan fingerprint density at radius 1 is 1.09 bits per heavy atom. The molecule has 0 saturated heterocycles. The molecular formula is C18H14IN3O. The lowest BCUT2D eigenvalue weighted by Gasteiger charge is -2.09. The Balaban J connectivity index is 1.74. The molecule has 1 heterocycles. The van der Waals surface area contributed by atoms with Crippen LogP contribution in [0.1, 0.15) is 15.9 Å². The molecule has 0 radical (unpaired) electrons. The number of halogens is 1. The van der Waals surface area contributed by atoms with Crippen molar-refractivity contribution in [1.29, 1.82) is 0 Å². The van der Waals surface area contributed by atoms with Crippen LogP contribution in [0.3, 0.4) is 0 Å². The van der Waals surface area contributed by atoms with Crippen molar-refractivity contribution >= 4 is 46.1 Å². The van der Waals surface area contributed by atoms with E-state index >= 15 is 0 Å². The first kappa shape index (κ1) is 15.5. The largest absolute Gasteiger partial charge is 0.360 e. The van der Waals surface area contributed by atoms with Gasteiger partial charge in [-0.1, -0.05) is 24.3 Å². The number of carbonyl (C=O) groups excluding carboxylic acids is 1. The third-order valence-corrected chi connectivity index (χ3v) is 4.24. The average Bonchev–Trinajstić information content (AvgIpc) is 2.85. The van der Waals surface area contributed by atoms with Crippen LogP contribution in [-0.2, 0) is 0 Å². The molecule has 0 aromatic heterocycles. The standard InChI is InChI=1S/C18H14IN3O/c19-16-4-2-1-3-15(16)18(23)22-14-7-5-13(6-8-14)17-9-10-20-11-12-21-17/h1-12,21H,(H,22,23). The van der Waals surface area contributed by atoms with Crippen LogP contribution in [0.5, 0.6) is 0 Å². The first-order valence-electron chi connectivity index (χ1n) is 7.05. The molecule has 0 aliphatic carbocycles. The first-order valence-corrected chi connectivity index (χ1v) is 8.13. The molecule has 2 aromatic rings. The van der Waals surface area contributed by atoms with E-state index in [1.165, 1.54) is 0 Å². The van der Waals surface area contributed by atoms with Crippen molar-refractivity contribution in [2.24, 2.45) is 4.99 Å². The molecule has 4 nitrogen and oxygen atoms in total. The smallest absolute Gasteiger partial charge is 0.256 e. The Morgan fingerprint density at radius 3 is 2.65 bits per heavy atom. The van der Waals surface area contributed by atoms with Crippen molar-refractivity contribution in [2.75, 3.05) is 5.32 Å². The number of nitrogens with zero attached hydrogens (tertiary/aromatic N) is 1. The third-order valence-electron chi connectivity index (χ3n) is 3.30. The van der Waals surface area contributed by atoms with Gasteiger partial charge >= 0.3 is 0 Å². The summed E-state index contributed by atoms with van der Waals surface area (Å²) >= 11 is 2.16. The number of hydrogen-bond acceptors (Lipinski definition) is 3. The molecule has 0 atom stereocenters. The molecule has 2 N–H and O–H groups in total. The molecule has 23 heavy (non-hydrogen) atoms. The van der Waals surface area contributed by atoms with Gasteiger partial charge in [-0.3, -0.25) is 9.79 Å². The fourth-order valence-corrected chi connectivity index (χ4v) is 2.77. The summed E-state index contributed by atoms with van der Waals surface area (Å²) in [6, 6.07) is 15.2. The van der Waals surface area contributed by atoms with Crippen molar-refractivity contribution in [3.05, 3.63) is 81.7 Å². The van der Waals surface area contributed by atoms with Crippen LogP contribution in [0.25, 0.3) is 5.70 Å². The number of allylic oxidation sites excluding steroid dienone is 1. The van der Waals surface area contributed by atoms with Crippen molar-refractivity contribution < 1.29 is 4.79 Å². The maximum absolute atomic E-state index is 12.3. The minimum Gasteiger partial charge on any atom is -0.360 e. The Bertz CT molecular complexity index is 807. The highest BCUT2D eigenvalue weighted by molar-refractivity contribution is 14.1. The Hall–Kier alpha value is -2.41. The molecular weight excluding hydrogens is 401 g/mol. The van der Waals surface area contributed by atoms with E-state index in [9.17, 15) is 4.79 Å². The summed E-state index contributed by atoms with van der Waals surface area (Å²) in [4.78, 5) is 16.3. The minimum absolute atomic E-state index is 0.107. The van der Waals surface area contributed by atoms with E-state index in [1.807, 2.05) is 54.6 Å². The second-order valence-electron chi connectivity index (χ2n) is 4.85. The van der Waals surface area contributed by atoms with Crippen LogP contribution < -0.4 is 10.6 Å². The fourth-order valence-electron chi connectivity index (χ4n) is 2.14. The van der Waals surface area contributed by atoms with E-state index in [-0.39, 0.29) is 5.91 Å². The molecule has 2 aromatic carbocycles. The second-order valence-corrected chi connectivity index (χ2v) is 6.01. The molecule has 0 unspecified atom stereocenters. The van der Waals surface area contributed by atoms with Gasteiger partial charge < -0.3 is 10.6 Å². The van der Waals surface area contributed by atoms with Gasteiger partial charge in [0.2, 0.25) is 0 Å². The summed E-state index contributed by atoms with van der Waals surface area (Å²) in [5.74, 6) is -0.107. The molecule has 0 saturated carbocycles. The van der Waals surface area contributed by atoms with Crippen LogP contribution in [-0.4, -0.2) is 12.1 Å². The number of benzene rings is 2. The van der Waals surface area contributed by atoms with E-state index in [4.69, 9.17) is 0 Å². The van der Waals surface area contributed by atoms with Gasteiger partial charge in [0, 0.05) is 33.6 Å². The van der Waals surface area contributed by atoms with Gasteiger partial charge in [-0.05, 0) is 58.5 Å².